The van der Waals surface area contributed by atoms with Gasteiger partial charge in [0.15, 0.2) is 5.96 Å². The molecule has 2 aromatic carbocycles. The first-order valence-corrected chi connectivity index (χ1v) is 9.63. The van der Waals surface area contributed by atoms with Crippen molar-refractivity contribution in [1.82, 2.24) is 14.9 Å². The molecule has 146 valence electrons. The van der Waals surface area contributed by atoms with Gasteiger partial charge in [-0.05, 0) is 36.8 Å². The van der Waals surface area contributed by atoms with E-state index in [1.54, 1.807) is 42.9 Å². The fourth-order valence-corrected chi connectivity index (χ4v) is 2.98. The monoisotopic (exact) mass is 445 g/mol. The van der Waals surface area contributed by atoms with Crippen molar-refractivity contribution in [3.8, 4) is 5.75 Å². The average Bonchev–Trinajstić information content (AvgIpc) is 3.19. The van der Waals surface area contributed by atoms with Crippen LogP contribution in [0, 0.1) is 5.82 Å². The maximum atomic E-state index is 14.0. The summed E-state index contributed by atoms with van der Waals surface area (Å²) in [5.41, 5.74) is 1.18. The molecule has 8 heteroatoms. The van der Waals surface area contributed by atoms with Gasteiger partial charge in [0.2, 0.25) is 0 Å². The summed E-state index contributed by atoms with van der Waals surface area (Å²) < 4.78 is 16.8. The second kappa shape index (κ2) is 9.89. The van der Waals surface area contributed by atoms with Gasteiger partial charge in [-0.3, -0.25) is 0 Å². The van der Waals surface area contributed by atoms with Crippen molar-refractivity contribution in [1.29, 1.82) is 0 Å². The average molecular weight is 446 g/mol. The van der Waals surface area contributed by atoms with Crippen LogP contribution < -0.4 is 10.6 Å². The lowest BCUT2D eigenvalue weighted by Crippen LogP contribution is -2.32. The molecule has 0 fully saturated rings. The highest BCUT2D eigenvalue weighted by Gasteiger charge is 2.05. The fraction of sp³-hybridized carbons (Fsp3) is 0.200. The number of aliphatic imine (C=N–C) groups is 1. The van der Waals surface area contributed by atoms with E-state index in [1.807, 2.05) is 16.8 Å². The fourth-order valence-electron chi connectivity index (χ4n) is 2.58. The van der Waals surface area contributed by atoms with Gasteiger partial charge in [-0.25, -0.2) is 14.4 Å². The Balaban J connectivity index is 1.66. The Bertz CT molecular complexity index is 930. The molecule has 0 aliphatic rings. The molecule has 0 atom stereocenters. The van der Waals surface area contributed by atoms with Gasteiger partial charge >= 0.3 is 0 Å². The van der Waals surface area contributed by atoms with Crippen molar-refractivity contribution in [2.75, 3.05) is 11.9 Å². The summed E-state index contributed by atoms with van der Waals surface area (Å²) in [7, 11) is 0. The van der Waals surface area contributed by atoms with Crippen molar-refractivity contribution in [2.45, 2.75) is 19.5 Å². The number of phenolic OH excluding ortho intramolecular Hbond substituents is 1. The lowest BCUT2D eigenvalue weighted by molar-refractivity contribution is 0.475. The molecule has 3 aromatic rings. The van der Waals surface area contributed by atoms with Gasteiger partial charge in [0.1, 0.15) is 11.6 Å². The Labute approximate surface area is 171 Å². The number of hydrogen-bond donors (Lipinski definition) is 3. The highest BCUT2D eigenvalue weighted by atomic mass is 79.9. The first-order chi connectivity index (χ1) is 13.6. The normalized spacial score (nSPS) is 11.4. The van der Waals surface area contributed by atoms with Crippen LogP contribution >= 0.6 is 15.9 Å². The van der Waals surface area contributed by atoms with E-state index in [-0.39, 0.29) is 18.1 Å². The Morgan fingerprint density at radius 3 is 2.93 bits per heavy atom. The van der Waals surface area contributed by atoms with Gasteiger partial charge < -0.3 is 20.3 Å². The third-order valence-corrected chi connectivity index (χ3v) is 4.46. The minimum Gasteiger partial charge on any atom is -0.508 e. The van der Waals surface area contributed by atoms with Gasteiger partial charge in [-0.1, -0.05) is 22.0 Å². The molecule has 0 unspecified atom stereocenters. The van der Waals surface area contributed by atoms with Crippen LogP contribution in [0.1, 0.15) is 12.0 Å². The highest BCUT2D eigenvalue weighted by Crippen LogP contribution is 2.17. The number of aromatic hydroxyl groups is 1. The van der Waals surface area contributed by atoms with E-state index in [2.05, 4.69) is 36.5 Å². The smallest absolute Gasteiger partial charge is 0.196 e. The van der Waals surface area contributed by atoms with Crippen LogP contribution in [0.15, 0.2) is 70.7 Å². The predicted molar refractivity (Wildman–Crippen MR) is 112 cm³/mol. The summed E-state index contributed by atoms with van der Waals surface area (Å²) in [6.07, 6.45) is 6.30. The van der Waals surface area contributed by atoms with Gasteiger partial charge in [0.25, 0.3) is 0 Å². The third kappa shape index (κ3) is 6.09. The molecule has 0 aliphatic heterocycles. The predicted octanol–water partition coefficient (Wildman–Crippen LogP) is 4.14. The van der Waals surface area contributed by atoms with E-state index in [4.69, 9.17) is 0 Å². The maximum Gasteiger partial charge on any atom is 0.196 e. The number of rotatable bonds is 7. The van der Waals surface area contributed by atoms with E-state index in [1.165, 1.54) is 6.07 Å². The number of phenols is 1. The molecule has 0 saturated carbocycles. The van der Waals surface area contributed by atoms with Crippen LogP contribution in [0.25, 0.3) is 0 Å². The van der Waals surface area contributed by atoms with Crippen molar-refractivity contribution in [3.63, 3.8) is 0 Å². The van der Waals surface area contributed by atoms with Crippen LogP contribution in [0.2, 0.25) is 0 Å². The topological polar surface area (TPSA) is 74.5 Å². The van der Waals surface area contributed by atoms with Crippen LogP contribution in [0.4, 0.5) is 10.1 Å². The van der Waals surface area contributed by atoms with Gasteiger partial charge in [-0.2, -0.15) is 0 Å². The Morgan fingerprint density at radius 1 is 1.25 bits per heavy atom. The molecule has 0 bridgehead atoms. The Kier molecular flexibility index (Phi) is 7.02. The number of anilines is 1. The highest BCUT2D eigenvalue weighted by molar-refractivity contribution is 9.10. The number of guanidine groups is 1. The molecule has 1 aromatic heterocycles. The van der Waals surface area contributed by atoms with Crippen molar-refractivity contribution in [2.24, 2.45) is 4.99 Å². The zero-order chi connectivity index (χ0) is 19.8. The van der Waals surface area contributed by atoms with Crippen LogP contribution in [-0.2, 0) is 13.1 Å². The minimum atomic E-state index is -0.302. The molecule has 1 heterocycles. The Morgan fingerprint density at radius 2 is 2.14 bits per heavy atom. The first-order valence-electron chi connectivity index (χ1n) is 8.84. The lowest BCUT2D eigenvalue weighted by Gasteiger charge is -2.13. The zero-order valence-corrected chi connectivity index (χ0v) is 16.7. The lowest BCUT2D eigenvalue weighted by atomic mass is 10.2. The summed E-state index contributed by atoms with van der Waals surface area (Å²) in [6.45, 7) is 1.68. The molecule has 6 nitrogen and oxygen atoms in total. The zero-order valence-electron chi connectivity index (χ0n) is 15.1. The van der Waals surface area contributed by atoms with E-state index in [0.717, 1.165) is 17.4 Å². The van der Waals surface area contributed by atoms with Crippen LogP contribution in [-0.4, -0.2) is 27.2 Å². The molecule has 28 heavy (non-hydrogen) atoms. The first kappa shape index (κ1) is 19.9. The third-order valence-electron chi connectivity index (χ3n) is 3.97. The molecule has 0 saturated heterocycles. The van der Waals surface area contributed by atoms with Gasteiger partial charge in [0.05, 0.1) is 12.9 Å². The largest absolute Gasteiger partial charge is 0.508 e. The van der Waals surface area contributed by atoms with Crippen molar-refractivity contribution in [3.05, 3.63) is 77.0 Å². The summed E-state index contributed by atoms with van der Waals surface area (Å²) in [6, 6.07) is 11.5. The molecule has 3 N–H and O–H groups in total. The molecule has 3 rings (SSSR count). The summed E-state index contributed by atoms with van der Waals surface area (Å²) in [5, 5.41) is 16.0. The number of halogens is 2. The number of aromatic nitrogens is 2. The van der Waals surface area contributed by atoms with E-state index < -0.39 is 0 Å². The quantitative estimate of drug-likeness (QED) is 0.290. The number of benzene rings is 2. The molecule has 0 aliphatic carbocycles. The summed E-state index contributed by atoms with van der Waals surface area (Å²) >= 11 is 3.35. The van der Waals surface area contributed by atoms with E-state index >= 15 is 0 Å². The number of aryl methyl sites for hydroxylation is 1. The maximum absolute atomic E-state index is 14.0. The van der Waals surface area contributed by atoms with Gasteiger partial charge in [0, 0.05) is 47.3 Å². The Hall–Kier alpha value is -2.87. The summed E-state index contributed by atoms with van der Waals surface area (Å²) in [5.74, 6) is 0.363. The summed E-state index contributed by atoms with van der Waals surface area (Å²) in [4.78, 5) is 8.51. The SMILES string of the molecule is Oc1cccc(NC(=NCc2cc(Br)ccc2F)NCCCn2ccnc2)c1. The minimum absolute atomic E-state index is 0.155. The number of hydrogen-bond acceptors (Lipinski definition) is 3. The van der Waals surface area contributed by atoms with Crippen LogP contribution in [0.5, 0.6) is 5.75 Å². The standard InChI is InChI=1S/C20H21BrFN5O/c21-16-5-6-19(22)15(11-16)13-25-20(26-17-3-1-4-18(28)12-17)24-7-2-9-27-10-8-23-14-27/h1,3-6,8,10-12,14,28H,2,7,9,13H2,(H2,24,25,26). The molecule has 0 radical (unpaired) electrons. The second-order valence-electron chi connectivity index (χ2n) is 6.16. The molecule has 0 amide bonds. The number of imidazole rings is 1. The molecule has 0 spiro atoms. The second-order valence-corrected chi connectivity index (χ2v) is 7.07. The number of nitrogens with zero attached hydrogens (tertiary/aromatic N) is 3. The van der Waals surface area contributed by atoms with Gasteiger partial charge in [-0.15, -0.1) is 0 Å². The van der Waals surface area contributed by atoms with E-state index in [0.29, 0.717) is 23.8 Å². The van der Waals surface area contributed by atoms with Crippen molar-refractivity contribution < 1.29 is 9.50 Å². The molecular weight excluding hydrogens is 425 g/mol. The van der Waals surface area contributed by atoms with Crippen LogP contribution in [0.3, 0.4) is 0 Å². The van der Waals surface area contributed by atoms with E-state index in [9.17, 15) is 9.50 Å². The van der Waals surface area contributed by atoms with Crippen molar-refractivity contribution >= 4 is 27.6 Å². The molecular formula is C20H21BrFN5O. The number of nitrogens with one attached hydrogen (secondary N) is 2.